The summed E-state index contributed by atoms with van der Waals surface area (Å²) in [5.41, 5.74) is 1.34. The van der Waals surface area contributed by atoms with E-state index in [2.05, 4.69) is 24.8 Å². The maximum absolute atomic E-state index is 6.07. The van der Waals surface area contributed by atoms with Crippen molar-refractivity contribution in [2.45, 2.75) is 38.6 Å². The van der Waals surface area contributed by atoms with Crippen LogP contribution < -0.4 is 0 Å². The standard InChI is InChI=1S/C14H19Cl2N/c1-10(2)17-7-5-11(6-8-17)12-3-4-13(15)14(16)9-12/h3-4,9-11H,5-8H2,1-2H3. The molecule has 0 atom stereocenters. The van der Waals surface area contributed by atoms with Crippen molar-refractivity contribution in [3.63, 3.8) is 0 Å². The SMILES string of the molecule is CC(C)N1CCC(c2ccc(Cl)c(Cl)c2)CC1. The first-order valence-electron chi connectivity index (χ1n) is 6.27. The van der Waals surface area contributed by atoms with Gasteiger partial charge in [-0.2, -0.15) is 0 Å². The molecule has 1 nitrogen and oxygen atoms in total. The largest absolute Gasteiger partial charge is 0.301 e. The quantitative estimate of drug-likeness (QED) is 0.761. The van der Waals surface area contributed by atoms with Crippen molar-refractivity contribution in [3.05, 3.63) is 33.8 Å². The molecule has 2 rings (SSSR count). The first-order valence-corrected chi connectivity index (χ1v) is 7.02. The van der Waals surface area contributed by atoms with Gasteiger partial charge in [0.1, 0.15) is 0 Å². The normalized spacial score (nSPS) is 18.9. The number of benzene rings is 1. The van der Waals surface area contributed by atoms with Crippen LogP contribution >= 0.6 is 23.2 Å². The Morgan fingerprint density at radius 3 is 2.29 bits per heavy atom. The van der Waals surface area contributed by atoms with Crippen LogP contribution in [-0.2, 0) is 0 Å². The minimum Gasteiger partial charge on any atom is -0.301 e. The molecule has 1 aromatic carbocycles. The summed E-state index contributed by atoms with van der Waals surface area (Å²) in [7, 11) is 0. The summed E-state index contributed by atoms with van der Waals surface area (Å²) < 4.78 is 0. The van der Waals surface area contributed by atoms with Crippen LogP contribution in [0.5, 0.6) is 0 Å². The van der Waals surface area contributed by atoms with E-state index in [-0.39, 0.29) is 0 Å². The molecule has 1 aromatic rings. The van der Waals surface area contributed by atoms with E-state index in [9.17, 15) is 0 Å². The average Bonchev–Trinajstić information content (AvgIpc) is 2.33. The average molecular weight is 272 g/mol. The molecule has 1 fully saturated rings. The zero-order valence-corrected chi connectivity index (χ0v) is 11.9. The van der Waals surface area contributed by atoms with E-state index < -0.39 is 0 Å². The lowest BCUT2D eigenvalue weighted by molar-refractivity contribution is 0.172. The minimum absolute atomic E-state index is 0.639. The fraction of sp³-hybridized carbons (Fsp3) is 0.571. The Kier molecular flexibility index (Phi) is 4.35. The Hall–Kier alpha value is -0.240. The van der Waals surface area contributed by atoms with Crippen LogP contribution in [0.1, 0.15) is 38.2 Å². The molecule has 1 aliphatic heterocycles. The maximum atomic E-state index is 6.07. The van der Waals surface area contributed by atoms with Crippen molar-refractivity contribution in [2.24, 2.45) is 0 Å². The third-order valence-electron chi connectivity index (χ3n) is 3.67. The highest BCUT2D eigenvalue weighted by molar-refractivity contribution is 6.42. The molecule has 0 radical (unpaired) electrons. The Bertz CT molecular complexity index is 382. The number of halogens is 2. The van der Waals surface area contributed by atoms with Gasteiger partial charge >= 0.3 is 0 Å². The van der Waals surface area contributed by atoms with Gasteiger partial charge in [-0.3, -0.25) is 0 Å². The summed E-state index contributed by atoms with van der Waals surface area (Å²) in [5, 5.41) is 1.32. The Balaban J connectivity index is 2.03. The molecule has 0 bridgehead atoms. The van der Waals surface area contributed by atoms with Gasteiger partial charge in [0, 0.05) is 6.04 Å². The van der Waals surface area contributed by atoms with E-state index in [1.165, 1.54) is 31.5 Å². The van der Waals surface area contributed by atoms with Crippen molar-refractivity contribution < 1.29 is 0 Å². The first kappa shape index (κ1) is 13.2. The third kappa shape index (κ3) is 3.15. The molecular formula is C14H19Cl2N. The predicted molar refractivity (Wildman–Crippen MR) is 75.1 cm³/mol. The molecule has 0 spiro atoms. The van der Waals surface area contributed by atoms with E-state index in [1.54, 1.807) is 0 Å². The lowest BCUT2D eigenvalue weighted by Crippen LogP contribution is -2.37. The molecule has 0 aromatic heterocycles. The molecule has 1 aliphatic rings. The van der Waals surface area contributed by atoms with E-state index in [1.807, 2.05) is 12.1 Å². The second-order valence-corrected chi connectivity index (χ2v) is 5.89. The summed E-state index contributed by atoms with van der Waals surface area (Å²) in [5.74, 6) is 0.639. The number of hydrogen-bond acceptors (Lipinski definition) is 1. The zero-order chi connectivity index (χ0) is 12.4. The number of rotatable bonds is 2. The molecule has 0 saturated carbocycles. The second-order valence-electron chi connectivity index (χ2n) is 5.08. The van der Waals surface area contributed by atoms with Gasteiger partial charge in [-0.05, 0) is 63.4 Å². The summed E-state index contributed by atoms with van der Waals surface area (Å²) >= 11 is 12.0. The summed E-state index contributed by atoms with van der Waals surface area (Å²) in [6, 6.07) is 6.71. The van der Waals surface area contributed by atoms with Crippen molar-refractivity contribution in [1.82, 2.24) is 4.90 Å². The molecule has 1 saturated heterocycles. The van der Waals surface area contributed by atoms with E-state index in [4.69, 9.17) is 23.2 Å². The van der Waals surface area contributed by atoms with Gasteiger partial charge in [-0.25, -0.2) is 0 Å². The van der Waals surface area contributed by atoms with Gasteiger partial charge in [-0.15, -0.1) is 0 Å². The number of nitrogens with zero attached hydrogens (tertiary/aromatic N) is 1. The smallest absolute Gasteiger partial charge is 0.0595 e. The van der Waals surface area contributed by atoms with Crippen molar-refractivity contribution in [1.29, 1.82) is 0 Å². The number of likely N-dealkylation sites (tertiary alicyclic amines) is 1. The topological polar surface area (TPSA) is 3.24 Å². The third-order valence-corrected chi connectivity index (χ3v) is 4.41. The molecule has 0 aliphatic carbocycles. The molecular weight excluding hydrogens is 253 g/mol. The summed E-state index contributed by atoms with van der Waals surface area (Å²) in [6.45, 7) is 6.89. The highest BCUT2D eigenvalue weighted by Gasteiger charge is 2.22. The van der Waals surface area contributed by atoms with Gasteiger partial charge in [0.2, 0.25) is 0 Å². The zero-order valence-electron chi connectivity index (χ0n) is 10.4. The van der Waals surface area contributed by atoms with Gasteiger partial charge in [0.05, 0.1) is 10.0 Å². The van der Waals surface area contributed by atoms with E-state index in [0.717, 1.165) is 0 Å². The molecule has 0 unspecified atom stereocenters. The molecule has 3 heteroatoms. The number of hydrogen-bond donors (Lipinski definition) is 0. The Labute approximate surface area is 114 Å². The molecule has 94 valence electrons. The van der Waals surface area contributed by atoms with Crippen LogP contribution in [0.3, 0.4) is 0 Å². The fourth-order valence-corrected chi connectivity index (χ4v) is 2.82. The molecule has 1 heterocycles. The van der Waals surface area contributed by atoms with Crippen LogP contribution in [0.4, 0.5) is 0 Å². The van der Waals surface area contributed by atoms with Crippen LogP contribution in [-0.4, -0.2) is 24.0 Å². The summed E-state index contributed by atoms with van der Waals surface area (Å²) in [6.07, 6.45) is 2.44. The predicted octanol–water partition coefficient (Wildman–Crippen LogP) is 4.58. The lowest BCUT2D eigenvalue weighted by Gasteiger charge is -2.34. The highest BCUT2D eigenvalue weighted by Crippen LogP contribution is 2.32. The van der Waals surface area contributed by atoms with E-state index >= 15 is 0 Å². The molecule has 0 N–H and O–H groups in total. The van der Waals surface area contributed by atoms with E-state index in [0.29, 0.717) is 22.0 Å². The van der Waals surface area contributed by atoms with Gasteiger partial charge < -0.3 is 4.90 Å². The monoisotopic (exact) mass is 271 g/mol. The Morgan fingerprint density at radius 1 is 1.12 bits per heavy atom. The highest BCUT2D eigenvalue weighted by atomic mass is 35.5. The fourth-order valence-electron chi connectivity index (χ4n) is 2.52. The minimum atomic E-state index is 0.639. The Morgan fingerprint density at radius 2 is 1.76 bits per heavy atom. The van der Waals surface area contributed by atoms with Gasteiger partial charge in [-0.1, -0.05) is 29.3 Å². The second kappa shape index (κ2) is 5.60. The molecule has 17 heavy (non-hydrogen) atoms. The number of piperidine rings is 1. The van der Waals surface area contributed by atoms with Crippen molar-refractivity contribution in [3.8, 4) is 0 Å². The lowest BCUT2D eigenvalue weighted by atomic mass is 9.89. The van der Waals surface area contributed by atoms with Crippen molar-refractivity contribution >= 4 is 23.2 Å². The van der Waals surface area contributed by atoms with Gasteiger partial charge in [0.15, 0.2) is 0 Å². The van der Waals surface area contributed by atoms with Crippen LogP contribution in [0.25, 0.3) is 0 Å². The van der Waals surface area contributed by atoms with Gasteiger partial charge in [0.25, 0.3) is 0 Å². The van der Waals surface area contributed by atoms with Crippen LogP contribution in [0, 0.1) is 0 Å². The van der Waals surface area contributed by atoms with Crippen LogP contribution in [0.15, 0.2) is 18.2 Å². The summed E-state index contributed by atoms with van der Waals surface area (Å²) in [4.78, 5) is 2.54. The van der Waals surface area contributed by atoms with Crippen molar-refractivity contribution in [2.75, 3.05) is 13.1 Å². The van der Waals surface area contributed by atoms with Crippen LogP contribution in [0.2, 0.25) is 10.0 Å². The molecule has 0 amide bonds. The maximum Gasteiger partial charge on any atom is 0.0595 e. The first-order chi connectivity index (χ1) is 8.08.